The summed E-state index contributed by atoms with van der Waals surface area (Å²) >= 11 is 0. The summed E-state index contributed by atoms with van der Waals surface area (Å²) in [5.74, 6) is 0. The molecule has 0 atom stereocenters. The van der Waals surface area contributed by atoms with E-state index in [2.05, 4.69) is 252 Å². The van der Waals surface area contributed by atoms with Crippen LogP contribution in [0.1, 0.15) is 22.3 Å². The van der Waals surface area contributed by atoms with E-state index in [1.807, 2.05) is 0 Å². The van der Waals surface area contributed by atoms with Crippen molar-refractivity contribution in [2.75, 3.05) is 4.90 Å². The molecule has 13 rings (SSSR count). The molecule has 1 heterocycles. The highest BCUT2D eigenvalue weighted by Crippen LogP contribution is 2.64. The van der Waals surface area contributed by atoms with Crippen LogP contribution in [0.2, 0.25) is 0 Å². The lowest BCUT2D eigenvalue weighted by atomic mass is 9.70. The third kappa shape index (κ3) is 5.19. The molecule has 294 valence electrons. The molecule has 0 saturated heterocycles. The summed E-state index contributed by atoms with van der Waals surface area (Å²) in [6.45, 7) is 0. The van der Waals surface area contributed by atoms with Gasteiger partial charge in [-0.2, -0.15) is 0 Å². The van der Waals surface area contributed by atoms with Crippen molar-refractivity contribution >= 4 is 38.9 Å². The molecule has 0 saturated carbocycles. The normalized spacial score (nSPS) is 12.9. The first kappa shape index (κ1) is 35.5. The Morgan fingerprint density at radius 1 is 0.302 bits per heavy atom. The van der Waals surface area contributed by atoms with Gasteiger partial charge in [0, 0.05) is 33.5 Å². The molecule has 2 aliphatic rings. The van der Waals surface area contributed by atoms with E-state index < -0.39 is 5.41 Å². The number of hydrogen-bond donors (Lipinski definition) is 0. The van der Waals surface area contributed by atoms with Crippen LogP contribution in [0.3, 0.4) is 0 Å². The minimum absolute atomic E-state index is 0.396. The smallest absolute Gasteiger partial charge is 0.0725 e. The molecule has 2 aliphatic carbocycles. The molecule has 0 unspecified atom stereocenters. The van der Waals surface area contributed by atoms with Crippen molar-refractivity contribution < 1.29 is 0 Å². The van der Waals surface area contributed by atoms with Crippen LogP contribution in [-0.4, -0.2) is 4.57 Å². The van der Waals surface area contributed by atoms with E-state index in [9.17, 15) is 0 Å². The van der Waals surface area contributed by atoms with Crippen molar-refractivity contribution in [2.24, 2.45) is 0 Å². The topological polar surface area (TPSA) is 8.17 Å². The molecular weight excluding hydrogens is 761 g/mol. The molecule has 0 amide bonds. The predicted molar refractivity (Wildman–Crippen MR) is 263 cm³/mol. The fourth-order valence-electron chi connectivity index (χ4n) is 11.0. The molecule has 0 aliphatic heterocycles. The third-order valence-electron chi connectivity index (χ3n) is 13.6. The van der Waals surface area contributed by atoms with E-state index in [1.165, 1.54) is 88.6 Å². The Balaban J connectivity index is 1.00. The summed E-state index contributed by atoms with van der Waals surface area (Å²) in [7, 11) is 0. The summed E-state index contributed by atoms with van der Waals surface area (Å²) in [5.41, 5.74) is 21.8. The summed E-state index contributed by atoms with van der Waals surface area (Å²) in [6.07, 6.45) is 0. The average molecular weight is 801 g/mol. The van der Waals surface area contributed by atoms with E-state index in [-0.39, 0.29) is 0 Å². The largest absolute Gasteiger partial charge is 0.310 e. The molecule has 0 bridgehead atoms. The van der Waals surface area contributed by atoms with Crippen molar-refractivity contribution in [3.63, 3.8) is 0 Å². The van der Waals surface area contributed by atoms with Crippen LogP contribution in [0, 0.1) is 0 Å². The quantitative estimate of drug-likeness (QED) is 0.163. The highest BCUT2D eigenvalue weighted by Gasteiger charge is 2.51. The van der Waals surface area contributed by atoms with Gasteiger partial charge >= 0.3 is 0 Å². The molecule has 10 aromatic carbocycles. The molecule has 1 aromatic heterocycles. The Morgan fingerprint density at radius 3 is 1.46 bits per heavy atom. The van der Waals surface area contributed by atoms with Gasteiger partial charge in [-0.1, -0.05) is 188 Å². The molecule has 1 spiro atoms. The van der Waals surface area contributed by atoms with Gasteiger partial charge < -0.3 is 9.47 Å². The number of hydrogen-bond acceptors (Lipinski definition) is 1. The molecule has 11 aromatic rings. The van der Waals surface area contributed by atoms with Crippen molar-refractivity contribution in [3.8, 4) is 50.2 Å². The SMILES string of the molecule is c1ccc(-c2ccc(N(c3cccc(-c4cccc5c4-c4ccccc4C54c5ccccc5-c5ccccc54)c3)c3cccc(-n4c5ccccc5c5ccccc54)c3)cc2)cc1. The number of nitrogens with zero attached hydrogens (tertiary/aromatic N) is 2. The van der Waals surface area contributed by atoms with Crippen molar-refractivity contribution in [1.82, 2.24) is 4.57 Å². The molecule has 0 fully saturated rings. The zero-order valence-electron chi connectivity index (χ0n) is 34.5. The monoisotopic (exact) mass is 800 g/mol. The Labute approximate surface area is 367 Å². The van der Waals surface area contributed by atoms with Crippen LogP contribution >= 0.6 is 0 Å². The van der Waals surface area contributed by atoms with Gasteiger partial charge in [0.05, 0.1) is 16.4 Å². The summed E-state index contributed by atoms with van der Waals surface area (Å²) in [6, 6.07) is 89.4. The van der Waals surface area contributed by atoms with E-state index in [4.69, 9.17) is 0 Å². The van der Waals surface area contributed by atoms with Gasteiger partial charge in [-0.15, -0.1) is 0 Å². The molecule has 63 heavy (non-hydrogen) atoms. The average Bonchev–Trinajstić information content (AvgIpc) is 3.97. The molecular formula is C61H40N2. The number of benzene rings is 10. The van der Waals surface area contributed by atoms with Crippen LogP contribution in [0.5, 0.6) is 0 Å². The van der Waals surface area contributed by atoms with Gasteiger partial charge in [-0.3, -0.25) is 0 Å². The Hall–Kier alpha value is -8.20. The maximum Gasteiger partial charge on any atom is 0.0725 e. The third-order valence-corrected chi connectivity index (χ3v) is 13.6. The van der Waals surface area contributed by atoms with E-state index in [0.717, 1.165) is 22.7 Å². The summed E-state index contributed by atoms with van der Waals surface area (Å²) in [5, 5.41) is 2.51. The van der Waals surface area contributed by atoms with Crippen molar-refractivity contribution in [2.45, 2.75) is 5.41 Å². The number of rotatable bonds is 6. The second-order valence-electron chi connectivity index (χ2n) is 16.8. The van der Waals surface area contributed by atoms with Gasteiger partial charge in [0.25, 0.3) is 0 Å². The molecule has 0 radical (unpaired) electrons. The predicted octanol–water partition coefficient (Wildman–Crippen LogP) is 15.9. The van der Waals surface area contributed by atoms with Crippen LogP contribution in [0.4, 0.5) is 17.1 Å². The van der Waals surface area contributed by atoms with Crippen LogP contribution in [-0.2, 0) is 5.41 Å². The molecule has 2 nitrogen and oxygen atoms in total. The van der Waals surface area contributed by atoms with Gasteiger partial charge in [0.15, 0.2) is 0 Å². The fraction of sp³-hybridized carbons (Fsp3) is 0.0164. The van der Waals surface area contributed by atoms with Crippen molar-refractivity contribution in [3.05, 3.63) is 265 Å². The standard InChI is InChI=1S/C61H40N2/c1-2-17-41(18-3-1)42-35-37-44(38-36-42)62(46-21-15-22-47(40-46)63-58-33-12-7-25-51(58)52-26-8-13-34-59(52)63)45-20-14-19-43(39-45)48-28-16-32-57-60(48)53-27-6-11-31-56(53)61(57)54-29-9-4-23-49(54)50-24-5-10-30-55(50)61/h1-40H. The number of para-hydroxylation sites is 2. The minimum atomic E-state index is -0.396. The summed E-state index contributed by atoms with van der Waals surface area (Å²) < 4.78 is 2.40. The molecule has 2 heteroatoms. The van der Waals surface area contributed by atoms with Gasteiger partial charge in [0.1, 0.15) is 0 Å². The Bertz CT molecular complexity index is 3480. The summed E-state index contributed by atoms with van der Waals surface area (Å²) in [4.78, 5) is 2.41. The first-order valence-electron chi connectivity index (χ1n) is 21.8. The zero-order valence-corrected chi connectivity index (χ0v) is 34.5. The second kappa shape index (κ2) is 13.9. The molecule has 0 N–H and O–H groups in total. The van der Waals surface area contributed by atoms with E-state index in [0.29, 0.717) is 0 Å². The minimum Gasteiger partial charge on any atom is -0.310 e. The van der Waals surface area contributed by atoms with Crippen molar-refractivity contribution in [1.29, 1.82) is 0 Å². The first-order valence-corrected chi connectivity index (χ1v) is 21.8. The maximum atomic E-state index is 2.41. The van der Waals surface area contributed by atoms with Gasteiger partial charge in [-0.25, -0.2) is 0 Å². The van der Waals surface area contributed by atoms with Crippen LogP contribution < -0.4 is 4.90 Å². The highest BCUT2D eigenvalue weighted by atomic mass is 15.1. The maximum absolute atomic E-state index is 2.41. The fourth-order valence-corrected chi connectivity index (χ4v) is 11.0. The number of fused-ring (bicyclic) bond motifs is 13. The number of aromatic nitrogens is 1. The Kier molecular flexibility index (Phi) is 7.85. The van der Waals surface area contributed by atoms with Gasteiger partial charge in [-0.05, 0) is 121 Å². The first-order chi connectivity index (χ1) is 31.3. The van der Waals surface area contributed by atoms with Crippen LogP contribution in [0.15, 0.2) is 243 Å². The lowest BCUT2D eigenvalue weighted by molar-refractivity contribution is 0.794. The second-order valence-corrected chi connectivity index (χ2v) is 16.8. The lowest BCUT2D eigenvalue weighted by Crippen LogP contribution is -2.25. The Morgan fingerprint density at radius 2 is 0.778 bits per heavy atom. The lowest BCUT2D eigenvalue weighted by Gasteiger charge is -2.30. The van der Waals surface area contributed by atoms with E-state index >= 15 is 0 Å². The van der Waals surface area contributed by atoms with E-state index in [1.54, 1.807) is 0 Å². The highest BCUT2D eigenvalue weighted by molar-refractivity contribution is 6.09. The zero-order chi connectivity index (χ0) is 41.5. The van der Waals surface area contributed by atoms with Crippen LogP contribution in [0.25, 0.3) is 72.0 Å². The number of anilines is 3. The van der Waals surface area contributed by atoms with Gasteiger partial charge in [0.2, 0.25) is 0 Å².